The van der Waals surface area contributed by atoms with Gasteiger partial charge < -0.3 is 14.2 Å². The van der Waals surface area contributed by atoms with E-state index in [0.29, 0.717) is 5.56 Å². The van der Waals surface area contributed by atoms with E-state index in [9.17, 15) is 18.0 Å². The summed E-state index contributed by atoms with van der Waals surface area (Å²) in [5.41, 5.74) is 1.46. The third kappa shape index (κ3) is 3.82. The maximum atomic E-state index is 13.7. The smallest absolute Gasteiger partial charge is 0.424 e. The van der Waals surface area contributed by atoms with Crippen LogP contribution < -0.4 is 19.5 Å². The van der Waals surface area contributed by atoms with E-state index in [1.807, 2.05) is 19.9 Å². The Bertz CT molecular complexity index is 917. The third-order valence-corrected chi connectivity index (χ3v) is 4.28. The zero-order valence-electron chi connectivity index (χ0n) is 15.2. The van der Waals surface area contributed by atoms with Gasteiger partial charge in [-0.1, -0.05) is 37.6 Å². The van der Waals surface area contributed by atoms with Crippen LogP contribution in [0.25, 0.3) is 0 Å². The zero-order chi connectivity index (χ0) is 20.7. The molecule has 0 aromatic heterocycles. The molecule has 150 valence electrons. The van der Waals surface area contributed by atoms with Crippen LogP contribution in [0.3, 0.4) is 0 Å². The lowest BCUT2D eigenvalue weighted by molar-refractivity contribution is -0.318. The van der Waals surface area contributed by atoms with Crippen LogP contribution in [0.1, 0.15) is 30.9 Å². The summed E-state index contributed by atoms with van der Waals surface area (Å²) in [5.74, 6) is -3.73. The van der Waals surface area contributed by atoms with E-state index in [4.69, 9.17) is 25.8 Å². The Morgan fingerprint density at radius 2 is 1.82 bits per heavy atom. The second kappa shape index (κ2) is 7.09. The minimum atomic E-state index is -5.09. The summed E-state index contributed by atoms with van der Waals surface area (Å²) in [6.07, 6.45) is -6.46. The SMILES string of the molecule is Cc1ccc(C(C)C)c(OC(=O)N[C@@]2(C(F)(F)F)Oc3ccc(Cl)cc3O2)c1. The molecule has 1 N–H and O–H groups in total. The number of hydrogen-bond acceptors (Lipinski definition) is 4. The highest BCUT2D eigenvalue weighted by atomic mass is 35.5. The number of fused-ring (bicyclic) bond motifs is 1. The van der Waals surface area contributed by atoms with Crippen molar-refractivity contribution in [2.45, 2.75) is 38.8 Å². The fourth-order valence-corrected chi connectivity index (χ4v) is 2.84. The molecule has 0 saturated carbocycles. The molecule has 0 unspecified atom stereocenters. The van der Waals surface area contributed by atoms with Gasteiger partial charge in [0.15, 0.2) is 11.5 Å². The van der Waals surface area contributed by atoms with Gasteiger partial charge in [-0.3, -0.25) is 0 Å². The molecule has 5 nitrogen and oxygen atoms in total. The van der Waals surface area contributed by atoms with Crippen molar-refractivity contribution in [2.75, 3.05) is 0 Å². The second-order valence-electron chi connectivity index (χ2n) is 6.62. The molecule has 0 radical (unpaired) electrons. The Morgan fingerprint density at radius 3 is 2.46 bits per heavy atom. The van der Waals surface area contributed by atoms with E-state index < -0.39 is 18.2 Å². The number of carbonyl (C=O) groups is 1. The number of nitrogens with one attached hydrogen (secondary N) is 1. The molecule has 0 saturated heterocycles. The Hall–Kier alpha value is -2.61. The first-order chi connectivity index (χ1) is 13.0. The summed E-state index contributed by atoms with van der Waals surface area (Å²) in [5, 5.41) is 1.82. The summed E-state index contributed by atoms with van der Waals surface area (Å²) in [7, 11) is 0. The maximum absolute atomic E-state index is 13.7. The summed E-state index contributed by atoms with van der Waals surface area (Å²) in [4.78, 5) is 12.3. The average Bonchev–Trinajstić information content (AvgIpc) is 2.92. The largest absolute Gasteiger partial charge is 0.492 e. The number of aryl methyl sites for hydroxylation is 1. The second-order valence-corrected chi connectivity index (χ2v) is 7.06. The molecular formula is C19H17ClF3NO4. The van der Waals surface area contributed by atoms with Gasteiger partial charge in [0.05, 0.1) is 0 Å². The average molecular weight is 416 g/mol. The maximum Gasteiger partial charge on any atom is 0.492 e. The summed E-state index contributed by atoms with van der Waals surface area (Å²) in [6.45, 7) is 5.52. The summed E-state index contributed by atoms with van der Waals surface area (Å²) < 4.78 is 56.1. The fraction of sp³-hybridized carbons (Fsp3) is 0.316. The van der Waals surface area contributed by atoms with Gasteiger partial charge in [0.1, 0.15) is 5.75 Å². The molecule has 1 atom stereocenters. The molecule has 0 spiro atoms. The van der Waals surface area contributed by atoms with Crippen LogP contribution >= 0.6 is 11.6 Å². The highest BCUT2D eigenvalue weighted by molar-refractivity contribution is 6.30. The third-order valence-electron chi connectivity index (χ3n) is 4.05. The van der Waals surface area contributed by atoms with Crippen molar-refractivity contribution in [1.82, 2.24) is 5.32 Å². The van der Waals surface area contributed by atoms with Crippen molar-refractivity contribution in [1.29, 1.82) is 0 Å². The first-order valence-corrected chi connectivity index (χ1v) is 8.73. The highest BCUT2D eigenvalue weighted by Crippen LogP contribution is 2.46. The van der Waals surface area contributed by atoms with Crippen LogP contribution in [0.4, 0.5) is 18.0 Å². The number of ether oxygens (including phenoxy) is 3. The number of benzene rings is 2. The number of amides is 1. The summed E-state index contributed by atoms with van der Waals surface area (Å²) >= 11 is 5.78. The van der Waals surface area contributed by atoms with Gasteiger partial charge in [0.2, 0.25) is 0 Å². The molecule has 9 heteroatoms. The Morgan fingerprint density at radius 1 is 1.14 bits per heavy atom. The van der Waals surface area contributed by atoms with Gasteiger partial charge in [0.25, 0.3) is 0 Å². The van der Waals surface area contributed by atoms with E-state index in [-0.39, 0.29) is 28.2 Å². The van der Waals surface area contributed by atoms with Crippen LogP contribution in [0.15, 0.2) is 36.4 Å². The van der Waals surface area contributed by atoms with E-state index in [1.54, 1.807) is 24.4 Å². The molecule has 1 aliphatic rings. The molecular weight excluding hydrogens is 399 g/mol. The highest BCUT2D eigenvalue weighted by Gasteiger charge is 2.66. The number of halogens is 4. The van der Waals surface area contributed by atoms with Gasteiger partial charge in [-0.05, 0) is 42.2 Å². The number of rotatable bonds is 3. The predicted molar refractivity (Wildman–Crippen MR) is 95.9 cm³/mol. The zero-order valence-corrected chi connectivity index (χ0v) is 15.9. The molecule has 28 heavy (non-hydrogen) atoms. The Kier molecular flexibility index (Phi) is 5.10. The molecule has 0 fully saturated rings. The van der Waals surface area contributed by atoms with Gasteiger partial charge in [-0.25, -0.2) is 10.1 Å². The number of hydrogen-bond donors (Lipinski definition) is 1. The molecule has 2 aromatic carbocycles. The molecule has 0 aliphatic carbocycles. The van der Waals surface area contributed by atoms with Crippen molar-refractivity contribution in [2.24, 2.45) is 0 Å². The Balaban J connectivity index is 1.86. The van der Waals surface area contributed by atoms with E-state index >= 15 is 0 Å². The standard InChI is InChI=1S/C19H17ClF3NO4/c1-10(2)13-6-4-11(3)8-15(13)26-17(25)24-19(18(21,22)23)27-14-7-5-12(20)9-16(14)28-19/h4-10H,1-3H3,(H,24,25)/t19-/m0/s1. The molecule has 2 aromatic rings. The fourth-order valence-electron chi connectivity index (χ4n) is 2.68. The minimum Gasteiger partial charge on any atom is -0.424 e. The summed E-state index contributed by atoms with van der Waals surface area (Å²) in [6, 6.07) is 8.87. The Labute approximate surface area is 164 Å². The van der Waals surface area contributed by atoms with E-state index in [2.05, 4.69) is 0 Å². The molecule has 1 heterocycles. The van der Waals surface area contributed by atoms with Crippen molar-refractivity contribution < 1.29 is 32.2 Å². The lowest BCUT2D eigenvalue weighted by atomic mass is 10.0. The van der Waals surface area contributed by atoms with Crippen LogP contribution in [0.2, 0.25) is 5.02 Å². The quantitative estimate of drug-likeness (QED) is 0.714. The first kappa shape index (κ1) is 20.1. The molecule has 0 bridgehead atoms. The van der Waals surface area contributed by atoms with Crippen molar-refractivity contribution in [3.63, 3.8) is 0 Å². The first-order valence-electron chi connectivity index (χ1n) is 8.35. The lowest BCUT2D eigenvalue weighted by Crippen LogP contribution is -2.65. The minimum absolute atomic E-state index is 0.00893. The van der Waals surface area contributed by atoms with Gasteiger partial charge in [-0.15, -0.1) is 0 Å². The number of carbonyl (C=O) groups excluding carboxylic acids is 1. The molecule has 3 rings (SSSR count). The molecule has 1 aliphatic heterocycles. The van der Waals surface area contributed by atoms with Gasteiger partial charge >= 0.3 is 18.2 Å². The van der Waals surface area contributed by atoms with Crippen LogP contribution in [0.5, 0.6) is 17.2 Å². The van der Waals surface area contributed by atoms with Crippen molar-refractivity contribution >= 4 is 17.7 Å². The van der Waals surface area contributed by atoms with Crippen molar-refractivity contribution in [3.8, 4) is 17.2 Å². The molecule has 1 amide bonds. The van der Waals surface area contributed by atoms with E-state index in [1.165, 1.54) is 12.1 Å². The van der Waals surface area contributed by atoms with Gasteiger partial charge in [-0.2, -0.15) is 13.2 Å². The number of alkyl halides is 3. The van der Waals surface area contributed by atoms with Gasteiger partial charge in [0, 0.05) is 11.1 Å². The van der Waals surface area contributed by atoms with Crippen LogP contribution in [-0.4, -0.2) is 18.2 Å². The van der Waals surface area contributed by atoms with E-state index in [0.717, 1.165) is 11.6 Å². The topological polar surface area (TPSA) is 56.8 Å². The predicted octanol–water partition coefficient (Wildman–Crippen LogP) is 5.55. The lowest BCUT2D eigenvalue weighted by Gasteiger charge is -2.29. The normalized spacial score (nSPS) is 18.3. The van der Waals surface area contributed by atoms with Crippen LogP contribution in [-0.2, 0) is 0 Å². The van der Waals surface area contributed by atoms with Crippen molar-refractivity contribution in [3.05, 3.63) is 52.5 Å². The monoisotopic (exact) mass is 415 g/mol. The van der Waals surface area contributed by atoms with Crippen LogP contribution in [0, 0.1) is 6.92 Å².